The maximum atomic E-state index is 10.2. The van der Waals surface area contributed by atoms with Crippen LogP contribution in [-0.2, 0) is 0 Å². The van der Waals surface area contributed by atoms with E-state index in [-0.39, 0.29) is 16.6 Å². The lowest BCUT2D eigenvalue weighted by Crippen LogP contribution is -2.53. The van der Waals surface area contributed by atoms with Crippen molar-refractivity contribution in [3.8, 4) is 0 Å². The first kappa shape index (κ1) is 19.4. The summed E-state index contributed by atoms with van der Waals surface area (Å²) in [6, 6.07) is 0. The molecule has 0 spiro atoms. The van der Waals surface area contributed by atoms with Gasteiger partial charge in [0.05, 0.1) is 11.8 Å². The van der Waals surface area contributed by atoms with E-state index in [4.69, 9.17) is 18.0 Å². The lowest BCUT2D eigenvalue weighted by molar-refractivity contribution is -0.117. The highest BCUT2D eigenvalue weighted by molar-refractivity contribution is 7.80. The molecule has 150 valence electrons. The van der Waals surface area contributed by atoms with Gasteiger partial charge in [-0.1, -0.05) is 19.9 Å². The molecule has 5 heteroatoms. The minimum absolute atomic E-state index is 0.0618. The lowest BCUT2D eigenvalue weighted by Gasteiger charge is -2.60. The molecule has 4 rings (SSSR count). The Morgan fingerprint density at radius 2 is 2.00 bits per heavy atom. The highest BCUT2D eigenvalue weighted by atomic mass is 32.1. The van der Waals surface area contributed by atoms with Crippen LogP contribution in [0.5, 0.6) is 0 Å². The van der Waals surface area contributed by atoms with Gasteiger partial charge in [-0.15, -0.1) is 0 Å². The van der Waals surface area contributed by atoms with Crippen LogP contribution in [0, 0.1) is 34.5 Å². The number of fused-ring (bicyclic) bond motifs is 5. The Balaban J connectivity index is 1.56. The van der Waals surface area contributed by atoms with Crippen LogP contribution in [0.15, 0.2) is 16.8 Å². The number of hydrazone groups is 1. The van der Waals surface area contributed by atoms with Gasteiger partial charge in [0.2, 0.25) is 0 Å². The summed E-state index contributed by atoms with van der Waals surface area (Å²) in [5, 5.41) is 14.9. The molecule has 0 radical (unpaired) electrons. The largest absolute Gasteiger partial charge is 0.393 e. The average molecular weight is 390 g/mol. The van der Waals surface area contributed by atoms with Gasteiger partial charge < -0.3 is 10.8 Å². The fourth-order valence-electron chi connectivity index (χ4n) is 7.56. The summed E-state index contributed by atoms with van der Waals surface area (Å²) in [4.78, 5) is 0. The van der Waals surface area contributed by atoms with E-state index in [1.165, 1.54) is 44.1 Å². The molecule has 4 aliphatic rings. The molecule has 0 bridgehead atoms. The van der Waals surface area contributed by atoms with Gasteiger partial charge in [-0.05, 0) is 111 Å². The normalized spacial score (nSPS) is 46.7. The molecule has 27 heavy (non-hydrogen) atoms. The Morgan fingerprint density at radius 3 is 2.74 bits per heavy atom. The number of nitrogens with one attached hydrogen (secondary N) is 1. The number of nitrogens with two attached hydrogens (primary N) is 1. The van der Waals surface area contributed by atoms with E-state index in [0.717, 1.165) is 42.2 Å². The first-order valence-electron chi connectivity index (χ1n) is 10.7. The molecule has 0 saturated heterocycles. The summed E-state index contributed by atoms with van der Waals surface area (Å²) >= 11 is 4.90. The van der Waals surface area contributed by atoms with Crippen LogP contribution >= 0.6 is 12.2 Å². The van der Waals surface area contributed by atoms with Crippen LogP contribution < -0.4 is 11.2 Å². The van der Waals surface area contributed by atoms with Gasteiger partial charge in [-0.2, -0.15) is 5.10 Å². The summed E-state index contributed by atoms with van der Waals surface area (Å²) in [7, 11) is 0. The third-order valence-corrected chi connectivity index (χ3v) is 9.03. The van der Waals surface area contributed by atoms with Crippen LogP contribution in [0.1, 0.15) is 72.1 Å². The summed E-state index contributed by atoms with van der Waals surface area (Å²) < 4.78 is 0. The summed E-state index contributed by atoms with van der Waals surface area (Å²) in [5.74, 6) is 3.08. The second kappa shape index (κ2) is 6.84. The van der Waals surface area contributed by atoms with Crippen molar-refractivity contribution in [1.29, 1.82) is 0 Å². The molecule has 3 fully saturated rings. The molecule has 7 atom stereocenters. The van der Waals surface area contributed by atoms with Crippen molar-refractivity contribution in [2.75, 3.05) is 0 Å². The second-order valence-electron chi connectivity index (χ2n) is 10.1. The molecule has 0 unspecified atom stereocenters. The third kappa shape index (κ3) is 3.05. The second-order valence-corrected chi connectivity index (χ2v) is 10.5. The fraction of sp³-hybridized carbons (Fsp3) is 0.818. The summed E-state index contributed by atoms with van der Waals surface area (Å²) in [6.45, 7) is 7.09. The molecule has 4 aliphatic carbocycles. The predicted octanol–water partition coefficient (Wildman–Crippen LogP) is 4.14. The van der Waals surface area contributed by atoms with E-state index in [9.17, 15) is 5.11 Å². The number of allylic oxidation sites excluding steroid dienone is 2. The maximum Gasteiger partial charge on any atom is 0.184 e. The SMILES string of the molecule is CC(=NNC(N)=S)C1=CC[C@H]2[C@H]3CC[C@H]4C[C@@H](O)CC[C@]4(C)[C@@H]3CC[C@]12C. The van der Waals surface area contributed by atoms with Crippen LogP contribution in [0.4, 0.5) is 0 Å². The highest BCUT2D eigenvalue weighted by Gasteiger charge is 2.58. The van der Waals surface area contributed by atoms with Crippen molar-refractivity contribution in [3.63, 3.8) is 0 Å². The Morgan fingerprint density at radius 1 is 1.22 bits per heavy atom. The van der Waals surface area contributed by atoms with E-state index in [0.29, 0.717) is 5.41 Å². The van der Waals surface area contributed by atoms with E-state index in [1.807, 2.05) is 0 Å². The smallest absolute Gasteiger partial charge is 0.184 e. The zero-order chi connectivity index (χ0) is 19.4. The van der Waals surface area contributed by atoms with E-state index in [2.05, 4.69) is 37.4 Å². The van der Waals surface area contributed by atoms with Gasteiger partial charge in [0.15, 0.2) is 5.11 Å². The quantitative estimate of drug-likeness (QED) is 0.377. The monoisotopic (exact) mass is 389 g/mol. The zero-order valence-electron chi connectivity index (χ0n) is 17.0. The van der Waals surface area contributed by atoms with Crippen molar-refractivity contribution >= 4 is 23.0 Å². The number of nitrogens with zero attached hydrogens (tertiary/aromatic N) is 1. The molecule has 4 N–H and O–H groups in total. The van der Waals surface area contributed by atoms with Crippen LogP contribution in [0.25, 0.3) is 0 Å². The summed E-state index contributed by atoms with van der Waals surface area (Å²) in [5.41, 5.74) is 11.4. The van der Waals surface area contributed by atoms with Crippen molar-refractivity contribution < 1.29 is 5.11 Å². The molecule has 0 heterocycles. The van der Waals surface area contributed by atoms with Crippen molar-refractivity contribution in [1.82, 2.24) is 5.43 Å². The van der Waals surface area contributed by atoms with Crippen LogP contribution in [0.3, 0.4) is 0 Å². The van der Waals surface area contributed by atoms with Crippen molar-refractivity contribution in [3.05, 3.63) is 11.6 Å². The number of aliphatic hydroxyl groups is 1. The van der Waals surface area contributed by atoms with Crippen LogP contribution in [0.2, 0.25) is 0 Å². The molecule has 0 aromatic rings. The highest BCUT2D eigenvalue weighted by Crippen LogP contribution is 2.66. The third-order valence-electron chi connectivity index (χ3n) is 8.94. The minimum atomic E-state index is -0.0618. The Kier molecular flexibility index (Phi) is 4.91. The van der Waals surface area contributed by atoms with Crippen molar-refractivity contribution in [2.45, 2.75) is 78.2 Å². The van der Waals surface area contributed by atoms with Crippen LogP contribution in [-0.4, -0.2) is 22.0 Å². The molecule has 0 aliphatic heterocycles. The lowest BCUT2D eigenvalue weighted by atomic mass is 9.44. The molecule has 0 amide bonds. The van der Waals surface area contributed by atoms with Gasteiger partial charge in [0.1, 0.15) is 0 Å². The first-order chi connectivity index (χ1) is 12.8. The maximum absolute atomic E-state index is 10.2. The van der Waals surface area contributed by atoms with E-state index in [1.54, 1.807) is 0 Å². The van der Waals surface area contributed by atoms with Crippen molar-refractivity contribution in [2.24, 2.45) is 45.3 Å². The molecule has 4 nitrogen and oxygen atoms in total. The Hall–Kier alpha value is -0.940. The number of aliphatic hydroxyl groups excluding tert-OH is 1. The minimum Gasteiger partial charge on any atom is -0.393 e. The predicted molar refractivity (Wildman–Crippen MR) is 114 cm³/mol. The van der Waals surface area contributed by atoms with E-state index >= 15 is 0 Å². The topological polar surface area (TPSA) is 70.6 Å². The molecular weight excluding hydrogens is 354 g/mol. The molecule has 0 aromatic heterocycles. The zero-order valence-corrected chi connectivity index (χ0v) is 17.8. The van der Waals surface area contributed by atoms with Gasteiger partial charge in [0, 0.05) is 0 Å². The molecular formula is C22H35N3OS. The van der Waals surface area contributed by atoms with Gasteiger partial charge >= 0.3 is 0 Å². The van der Waals surface area contributed by atoms with Gasteiger partial charge in [0.25, 0.3) is 0 Å². The molecule has 3 saturated carbocycles. The Bertz CT molecular complexity index is 689. The summed E-state index contributed by atoms with van der Waals surface area (Å²) in [6.07, 6.45) is 12.0. The standard InChI is InChI=1S/C22H35N3OS/c1-13(24-25-20(23)27)17-6-7-18-16-5-4-14-12-15(26)8-10-21(14,2)19(16)9-11-22(17,18)3/h6,14-16,18-19,26H,4-5,7-12H2,1-3H3,(H3,23,25,27)/t14-,15-,16+,18-,19+,21-,22+/m0/s1. The number of thiocarbonyl (C=S) groups is 1. The number of hydrogen-bond donors (Lipinski definition) is 3. The fourth-order valence-corrected chi connectivity index (χ4v) is 7.61. The number of rotatable bonds is 2. The van der Waals surface area contributed by atoms with E-state index < -0.39 is 0 Å². The average Bonchev–Trinajstić information content (AvgIpc) is 2.97. The Labute approximate surface area is 169 Å². The van der Waals surface area contributed by atoms with Gasteiger partial charge in [-0.25, -0.2) is 0 Å². The number of hydrogen-bond acceptors (Lipinski definition) is 3. The molecule has 0 aromatic carbocycles. The van der Waals surface area contributed by atoms with Gasteiger partial charge in [-0.3, -0.25) is 5.43 Å². The first-order valence-corrected chi connectivity index (χ1v) is 11.2.